The Morgan fingerprint density at radius 1 is 1.29 bits per heavy atom. The van der Waals surface area contributed by atoms with E-state index in [9.17, 15) is 4.79 Å². The lowest BCUT2D eigenvalue weighted by molar-refractivity contribution is 0.102. The number of benzene rings is 2. The third kappa shape index (κ3) is 3.41. The van der Waals surface area contributed by atoms with Gasteiger partial charge in [0.05, 0.1) is 5.69 Å². The number of nitrogens with zero attached hydrogens (tertiary/aromatic N) is 1. The zero-order valence-corrected chi connectivity index (χ0v) is 12.9. The fourth-order valence-electron chi connectivity index (χ4n) is 1.80. The summed E-state index contributed by atoms with van der Waals surface area (Å²) in [5.41, 5.74) is 8.09. The molecule has 0 fully saturated rings. The van der Waals surface area contributed by atoms with Gasteiger partial charge >= 0.3 is 0 Å². The monoisotopic (exact) mass is 347 g/mol. The van der Waals surface area contributed by atoms with E-state index in [1.807, 2.05) is 13.0 Å². The number of hydrogen-bond donors (Lipinski definition) is 3. The summed E-state index contributed by atoms with van der Waals surface area (Å²) in [6.07, 6.45) is 0. The number of carbonyl (C=O) groups is 1. The Labute approximate surface area is 130 Å². The maximum atomic E-state index is 12.3. The molecule has 0 spiro atoms. The lowest BCUT2D eigenvalue weighted by Crippen LogP contribution is -2.19. The topological polar surface area (TPSA) is 87.7 Å². The van der Waals surface area contributed by atoms with E-state index in [1.54, 1.807) is 36.4 Å². The molecule has 0 radical (unpaired) electrons. The number of amidine groups is 1. The molecule has 0 aromatic heterocycles. The second-order valence-electron chi connectivity index (χ2n) is 4.45. The summed E-state index contributed by atoms with van der Waals surface area (Å²) < 4.78 is 0.861. The van der Waals surface area contributed by atoms with Gasteiger partial charge in [0.15, 0.2) is 5.84 Å². The van der Waals surface area contributed by atoms with Gasteiger partial charge in [0, 0.05) is 15.6 Å². The van der Waals surface area contributed by atoms with Crippen LogP contribution in [-0.4, -0.2) is 17.0 Å². The number of anilines is 1. The minimum absolute atomic E-state index is 0.0593. The van der Waals surface area contributed by atoms with Gasteiger partial charge in [0.25, 0.3) is 5.91 Å². The number of para-hydroxylation sites is 1. The van der Waals surface area contributed by atoms with Crippen LogP contribution in [0.1, 0.15) is 21.5 Å². The molecule has 2 aromatic carbocycles. The quantitative estimate of drug-likeness (QED) is 0.345. The van der Waals surface area contributed by atoms with Gasteiger partial charge in [-0.2, -0.15) is 0 Å². The van der Waals surface area contributed by atoms with Crippen molar-refractivity contribution in [3.8, 4) is 0 Å². The fraction of sp³-hybridized carbons (Fsp3) is 0.0667. The standard InChI is InChI=1S/C15H14BrN3O2/c1-9-6-7-10(8-12(9)16)15(20)18-13-5-3-2-4-11(13)14(17)19-21/h2-8,21H,1H3,(H2,17,19)(H,18,20). The van der Waals surface area contributed by atoms with Gasteiger partial charge in [-0.1, -0.05) is 39.3 Å². The van der Waals surface area contributed by atoms with Crippen molar-refractivity contribution in [2.75, 3.05) is 5.32 Å². The van der Waals surface area contributed by atoms with Crippen LogP contribution >= 0.6 is 15.9 Å². The lowest BCUT2D eigenvalue weighted by atomic mass is 10.1. The van der Waals surface area contributed by atoms with Crippen LogP contribution < -0.4 is 11.1 Å². The van der Waals surface area contributed by atoms with E-state index >= 15 is 0 Å². The predicted octanol–water partition coefficient (Wildman–Crippen LogP) is 3.10. The summed E-state index contributed by atoms with van der Waals surface area (Å²) in [6, 6.07) is 12.2. The van der Waals surface area contributed by atoms with Crippen molar-refractivity contribution < 1.29 is 10.0 Å². The van der Waals surface area contributed by atoms with Gasteiger partial charge in [-0.05, 0) is 36.8 Å². The fourth-order valence-corrected chi connectivity index (χ4v) is 2.18. The Morgan fingerprint density at radius 2 is 2.00 bits per heavy atom. The van der Waals surface area contributed by atoms with Crippen LogP contribution in [0.3, 0.4) is 0 Å². The minimum atomic E-state index is -0.270. The van der Waals surface area contributed by atoms with Gasteiger partial charge in [0.1, 0.15) is 0 Å². The van der Waals surface area contributed by atoms with Crippen molar-refractivity contribution >= 4 is 33.4 Å². The first-order chi connectivity index (χ1) is 10.0. The Morgan fingerprint density at radius 3 is 2.67 bits per heavy atom. The average molecular weight is 348 g/mol. The molecule has 0 saturated carbocycles. The molecular formula is C15H14BrN3O2. The molecule has 5 nitrogen and oxygen atoms in total. The highest BCUT2D eigenvalue weighted by atomic mass is 79.9. The number of aryl methyl sites for hydroxylation is 1. The maximum Gasteiger partial charge on any atom is 0.255 e. The highest BCUT2D eigenvalue weighted by molar-refractivity contribution is 9.10. The van der Waals surface area contributed by atoms with Crippen molar-refractivity contribution in [1.82, 2.24) is 0 Å². The number of carbonyl (C=O) groups excluding carboxylic acids is 1. The third-order valence-electron chi connectivity index (χ3n) is 2.99. The van der Waals surface area contributed by atoms with Crippen LogP contribution in [0.15, 0.2) is 52.1 Å². The SMILES string of the molecule is Cc1ccc(C(=O)Nc2ccccc2/C(N)=N/O)cc1Br. The molecule has 2 aromatic rings. The predicted molar refractivity (Wildman–Crippen MR) is 85.8 cm³/mol. The van der Waals surface area contributed by atoms with Gasteiger partial charge in [0.2, 0.25) is 0 Å². The van der Waals surface area contributed by atoms with Crippen molar-refractivity contribution in [3.05, 3.63) is 63.6 Å². The molecule has 0 aliphatic heterocycles. The molecule has 0 atom stereocenters. The molecule has 0 aliphatic rings. The van der Waals surface area contributed by atoms with Gasteiger partial charge in [-0.25, -0.2) is 0 Å². The Balaban J connectivity index is 2.30. The molecule has 0 bridgehead atoms. The number of rotatable bonds is 3. The number of nitrogens with one attached hydrogen (secondary N) is 1. The molecule has 0 saturated heterocycles. The number of oxime groups is 1. The number of amides is 1. The van der Waals surface area contributed by atoms with E-state index in [4.69, 9.17) is 10.9 Å². The van der Waals surface area contributed by atoms with Crippen molar-refractivity contribution in [2.24, 2.45) is 10.9 Å². The van der Waals surface area contributed by atoms with Crippen molar-refractivity contribution in [2.45, 2.75) is 6.92 Å². The van der Waals surface area contributed by atoms with Gasteiger partial charge in [-0.3, -0.25) is 4.79 Å². The van der Waals surface area contributed by atoms with Crippen LogP contribution in [0.4, 0.5) is 5.69 Å². The molecule has 1 amide bonds. The first-order valence-electron chi connectivity index (χ1n) is 6.17. The summed E-state index contributed by atoms with van der Waals surface area (Å²) in [6.45, 7) is 1.94. The van der Waals surface area contributed by atoms with Crippen LogP contribution in [-0.2, 0) is 0 Å². The van der Waals surface area contributed by atoms with E-state index < -0.39 is 0 Å². The highest BCUT2D eigenvalue weighted by Crippen LogP contribution is 2.20. The van der Waals surface area contributed by atoms with Gasteiger partial charge < -0.3 is 16.3 Å². The zero-order chi connectivity index (χ0) is 15.4. The molecule has 4 N–H and O–H groups in total. The number of hydrogen-bond acceptors (Lipinski definition) is 3. The van der Waals surface area contributed by atoms with Gasteiger partial charge in [-0.15, -0.1) is 0 Å². The van der Waals surface area contributed by atoms with Crippen molar-refractivity contribution in [1.29, 1.82) is 0 Å². The molecule has 21 heavy (non-hydrogen) atoms. The Hall–Kier alpha value is -2.34. The summed E-state index contributed by atoms with van der Waals surface area (Å²) in [5.74, 6) is -0.329. The maximum absolute atomic E-state index is 12.3. The van der Waals surface area contributed by atoms with E-state index in [-0.39, 0.29) is 11.7 Å². The molecule has 108 valence electrons. The molecule has 0 unspecified atom stereocenters. The van der Waals surface area contributed by atoms with Crippen molar-refractivity contribution in [3.63, 3.8) is 0 Å². The largest absolute Gasteiger partial charge is 0.409 e. The number of halogens is 1. The summed E-state index contributed by atoms with van der Waals surface area (Å²) in [5, 5.41) is 14.5. The minimum Gasteiger partial charge on any atom is -0.409 e. The smallest absolute Gasteiger partial charge is 0.255 e. The third-order valence-corrected chi connectivity index (χ3v) is 3.85. The summed E-state index contributed by atoms with van der Waals surface area (Å²) in [4.78, 5) is 12.3. The van der Waals surface area contributed by atoms with E-state index in [0.717, 1.165) is 10.0 Å². The molecule has 0 aliphatic carbocycles. The number of nitrogens with two attached hydrogens (primary N) is 1. The first-order valence-corrected chi connectivity index (χ1v) is 6.96. The first kappa shape index (κ1) is 15.1. The average Bonchev–Trinajstić information content (AvgIpc) is 2.49. The normalized spacial score (nSPS) is 11.2. The Bertz CT molecular complexity index is 714. The van der Waals surface area contributed by atoms with Crippen LogP contribution in [0.5, 0.6) is 0 Å². The highest BCUT2D eigenvalue weighted by Gasteiger charge is 2.12. The van der Waals surface area contributed by atoms with E-state index in [2.05, 4.69) is 26.4 Å². The summed E-state index contributed by atoms with van der Waals surface area (Å²) >= 11 is 3.40. The van der Waals surface area contributed by atoms with Crippen LogP contribution in [0.25, 0.3) is 0 Å². The summed E-state index contributed by atoms with van der Waals surface area (Å²) in [7, 11) is 0. The van der Waals surface area contributed by atoms with Crippen LogP contribution in [0, 0.1) is 6.92 Å². The van der Waals surface area contributed by atoms with Crippen LogP contribution in [0.2, 0.25) is 0 Å². The van der Waals surface area contributed by atoms with E-state index in [1.165, 1.54) is 0 Å². The Kier molecular flexibility index (Phi) is 4.59. The molecule has 6 heteroatoms. The van der Waals surface area contributed by atoms with E-state index in [0.29, 0.717) is 16.8 Å². The molecular weight excluding hydrogens is 334 g/mol. The lowest BCUT2D eigenvalue weighted by Gasteiger charge is -2.10. The second-order valence-corrected chi connectivity index (χ2v) is 5.30. The molecule has 0 heterocycles. The second kappa shape index (κ2) is 6.41. The molecule has 2 rings (SSSR count). The zero-order valence-electron chi connectivity index (χ0n) is 11.3.